The van der Waals surface area contributed by atoms with Gasteiger partial charge in [-0.1, -0.05) is 91.0 Å². The number of nitrogens with zero attached hydrogens (tertiary/aromatic N) is 1. The van der Waals surface area contributed by atoms with E-state index in [2.05, 4.69) is 103 Å². The molecule has 0 bridgehead atoms. The molecule has 4 aromatic carbocycles. The second-order valence-electron chi connectivity index (χ2n) is 6.15. The van der Waals surface area contributed by atoms with Gasteiger partial charge in [0.2, 0.25) is 0 Å². The smallest absolute Gasteiger partial charge is 0.0632 e. The van der Waals surface area contributed by atoms with Gasteiger partial charge >= 0.3 is 0 Å². The Bertz CT molecular complexity index is 1010. The number of fused-ring (bicyclic) bond motifs is 1. The standard InChI is InChI=1S/C24H19N/c1-25-17-18-11-13-20(14-12-18)22-16-15-21(19-7-3-2-4-8-19)23-9-5-6-10-24(22)23/h2-16H,1,17H2. The highest BCUT2D eigenvalue weighted by Crippen LogP contribution is 2.35. The molecular weight excluding hydrogens is 302 g/mol. The molecule has 0 unspecified atom stereocenters. The Morgan fingerprint density at radius 1 is 0.560 bits per heavy atom. The average molecular weight is 321 g/mol. The van der Waals surface area contributed by atoms with Crippen LogP contribution in [0.15, 0.2) is 96.0 Å². The van der Waals surface area contributed by atoms with Crippen LogP contribution in [0.25, 0.3) is 33.0 Å². The lowest BCUT2D eigenvalue weighted by Gasteiger charge is -2.12. The molecule has 0 heterocycles. The molecule has 4 aromatic rings. The molecular formula is C24H19N. The first kappa shape index (κ1) is 15.3. The van der Waals surface area contributed by atoms with Gasteiger partial charge in [-0.3, -0.25) is 4.99 Å². The van der Waals surface area contributed by atoms with Crippen LogP contribution in [-0.2, 0) is 6.54 Å². The maximum Gasteiger partial charge on any atom is 0.0632 e. The molecule has 0 N–H and O–H groups in total. The van der Waals surface area contributed by atoms with E-state index >= 15 is 0 Å². The molecule has 0 fully saturated rings. The number of hydrogen-bond acceptors (Lipinski definition) is 1. The van der Waals surface area contributed by atoms with Gasteiger partial charge in [0.15, 0.2) is 0 Å². The SMILES string of the molecule is C=NCc1ccc(-c2ccc(-c3ccccc3)c3ccccc23)cc1. The summed E-state index contributed by atoms with van der Waals surface area (Å²) >= 11 is 0. The second-order valence-corrected chi connectivity index (χ2v) is 6.15. The molecule has 25 heavy (non-hydrogen) atoms. The highest BCUT2D eigenvalue weighted by Gasteiger charge is 2.09. The summed E-state index contributed by atoms with van der Waals surface area (Å²) in [6.07, 6.45) is 0. The molecule has 0 atom stereocenters. The summed E-state index contributed by atoms with van der Waals surface area (Å²) in [6, 6.07) is 32.2. The van der Waals surface area contributed by atoms with E-state index < -0.39 is 0 Å². The van der Waals surface area contributed by atoms with Crippen LogP contribution in [0.3, 0.4) is 0 Å². The van der Waals surface area contributed by atoms with Crippen molar-refractivity contribution in [2.45, 2.75) is 6.54 Å². The van der Waals surface area contributed by atoms with Crippen LogP contribution in [-0.4, -0.2) is 6.72 Å². The van der Waals surface area contributed by atoms with Gasteiger partial charge in [-0.25, -0.2) is 0 Å². The lowest BCUT2D eigenvalue weighted by atomic mass is 9.92. The van der Waals surface area contributed by atoms with Gasteiger partial charge in [-0.05, 0) is 45.3 Å². The van der Waals surface area contributed by atoms with Crippen molar-refractivity contribution in [3.63, 3.8) is 0 Å². The summed E-state index contributed by atoms with van der Waals surface area (Å²) in [5.74, 6) is 0. The van der Waals surface area contributed by atoms with Crippen molar-refractivity contribution in [2.24, 2.45) is 4.99 Å². The van der Waals surface area contributed by atoms with Gasteiger partial charge in [-0.15, -0.1) is 0 Å². The minimum Gasteiger partial charge on any atom is -0.296 e. The summed E-state index contributed by atoms with van der Waals surface area (Å²) < 4.78 is 0. The van der Waals surface area contributed by atoms with Gasteiger partial charge in [0.25, 0.3) is 0 Å². The molecule has 4 rings (SSSR count). The third-order valence-corrected chi connectivity index (χ3v) is 4.57. The maximum absolute atomic E-state index is 3.95. The first-order chi connectivity index (χ1) is 12.4. The molecule has 0 spiro atoms. The predicted molar refractivity (Wildman–Crippen MR) is 108 cm³/mol. The van der Waals surface area contributed by atoms with E-state index in [0.29, 0.717) is 6.54 Å². The zero-order chi connectivity index (χ0) is 17.1. The zero-order valence-corrected chi connectivity index (χ0v) is 14.0. The van der Waals surface area contributed by atoms with Crippen molar-refractivity contribution >= 4 is 17.5 Å². The summed E-state index contributed by atoms with van der Waals surface area (Å²) in [7, 11) is 0. The lowest BCUT2D eigenvalue weighted by molar-refractivity contribution is 1.08. The van der Waals surface area contributed by atoms with Crippen molar-refractivity contribution in [3.05, 3.63) is 96.6 Å². The number of aliphatic imine (C=N–C) groups is 1. The highest BCUT2D eigenvalue weighted by molar-refractivity contribution is 6.04. The fourth-order valence-electron chi connectivity index (χ4n) is 3.34. The van der Waals surface area contributed by atoms with Gasteiger partial charge in [-0.2, -0.15) is 0 Å². The first-order valence-electron chi connectivity index (χ1n) is 8.46. The van der Waals surface area contributed by atoms with Crippen molar-refractivity contribution in [1.82, 2.24) is 0 Å². The fourth-order valence-corrected chi connectivity index (χ4v) is 3.34. The second kappa shape index (κ2) is 6.74. The Morgan fingerprint density at radius 2 is 1.08 bits per heavy atom. The van der Waals surface area contributed by atoms with Gasteiger partial charge in [0.05, 0.1) is 6.54 Å². The van der Waals surface area contributed by atoms with E-state index in [9.17, 15) is 0 Å². The number of hydrogen-bond donors (Lipinski definition) is 0. The zero-order valence-electron chi connectivity index (χ0n) is 14.0. The van der Waals surface area contributed by atoms with Gasteiger partial charge in [0, 0.05) is 0 Å². The van der Waals surface area contributed by atoms with Crippen LogP contribution in [0, 0.1) is 0 Å². The largest absolute Gasteiger partial charge is 0.296 e. The highest BCUT2D eigenvalue weighted by atomic mass is 14.7. The Balaban J connectivity index is 1.88. The van der Waals surface area contributed by atoms with E-state index in [1.165, 1.54) is 38.6 Å². The Morgan fingerprint density at radius 3 is 1.64 bits per heavy atom. The quantitative estimate of drug-likeness (QED) is 0.387. The summed E-state index contributed by atoms with van der Waals surface area (Å²) in [5, 5.41) is 2.56. The lowest BCUT2D eigenvalue weighted by Crippen LogP contribution is -1.87. The van der Waals surface area contributed by atoms with Gasteiger partial charge in [0.1, 0.15) is 0 Å². The van der Waals surface area contributed by atoms with E-state index in [4.69, 9.17) is 0 Å². The Labute approximate surface area is 148 Å². The van der Waals surface area contributed by atoms with Crippen molar-refractivity contribution in [1.29, 1.82) is 0 Å². The minimum absolute atomic E-state index is 0.661. The Hall–Kier alpha value is -3.19. The molecule has 0 aromatic heterocycles. The number of benzene rings is 4. The third-order valence-electron chi connectivity index (χ3n) is 4.57. The molecule has 120 valence electrons. The fraction of sp³-hybridized carbons (Fsp3) is 0.0417. The first-order valence-corrected chi connectivity index (χ1v) is 8.46. The molecule has 0 aliphatic heterocycles. The van der Waals surface area contributed by atoms with E-state index in [1.807, 2.05) is 0 Å². The van der Waals surface area contributed by atoms with Crippen molar-refractivity contribution < 1.29 is 0 Å². The molecule has 0 saturated heterocycles. The van der Waals surface area contributed by atoms with Crippen LogP contribution in [0.2, 0.25) is 0 Å². The molecule has 1 heteroatoms. The maximum atomic E-state index is 3.95. The monoisotopic (exact) mass is 321 g/mol. The van der Waals surface area contributed by atoms with Gasteiger partial charge < -0.3 is 0 Å². The minimum atomic E-state index is 0.661. The van der Waals surface area contributed by atoms with Crippen LogP contribution in [0.1, 0.15) is 5.56 Å². The number of rotatable bonds is 4. The van der Waals surface area contributed by atoms with Crippen LogP contribution in [0.5, 0.6) is 0 Å². The van der Waals surface area contributed by atoms with Crippen molar-refractivity contribution in [2.75, 3.05) is 0 Å². The van der Waals surface area contributed by atoms with E-state index in [0.717, 1.165) is 0 Å². The molecule has 0 aliphatic rings. The molecule has 0 amide bonds. The van der Waals surface area contributed by atoms with E-state index in [1.54, 1.807) is 0 Å². The molecule has 1 nitrogen and oxygen atoms in total. The summed E-state index contributed by atoms with van der Waals surface area (Å²) in [5.41, 5.74) is 6.19. The molecule has 0 aliphatic carbocycles. The normalized spacial score (nSPS) is 10.7. The van der Waals surface area contributed by atoms with Crippen LogP contribution < -0.4 is 0 Å². The predicted octanol–water partition coefficient (Wildman–Crippen LogP) is 6.37. The summed E-state index contributed by atoms with van der Waals surface area (Å²) in [6.45, 7) is 4.23. The average Bonchev–Trinajstić information content (AvgIpc) is 2.69. The van der Waals surface area contributed by atoms with Crippen molar-refractivity contribution in [3.8, 4) is 22.3 Å². The summed E-state index contributed by atoms with van der Waals surface area (Å²) in [4.78, 5) is 3.95. The topological polar surface area (TPSA) is 12.4 Å². The van der Waals surface area contributed by atoms with E-state index in [-0.39, 0.29) is 0 Å². The Kier molecular flexibility index (Phi) is 4.14. The molecule has 0 radical (unpaired) electrons. The third kappa shape index (κ3) is 2.97. The molecule has 0 saturated carbocycles. The van der Waals surface area contributed by atoms with Crippen LogP contribution in [0.4, 0.5) is 0 Å². The van der Waals surface area contributed by atoms with Crippen LogP contribution >= 0.6 is 0 Å².